The Morgan fingerprint density at radius 1 is 0.514 bits per heavy atom. The zero-order chi connectivity index (χ0) is 24.6. The lowest BCUT2D eigenvalue weighted by Gasteiger charge is -2.34. The second kappa shape index (κ2) is 7.44. The van der Waals surface area contributed by atoms with Crippen molar-refractivity contribution < 1.29 is 0 Å². The van der Waals surface area contributed by atoms with E-state index in [4.69, 9.17) is 0 Å². The minimum absolute atomic E-state index is 0.432. The minimum Gasteiger partial charge on any atom is -0.343 e. The second-order valence-corrected chi connectivity index (χ2v) is 10.2. The summed E-state index contributed by atoms with van der Waals surface area (Å²) in [5.41, 5.74) is 10.1. The van der Waals surface area contributed by atoms with Crippen LogP contribution in [0.4, 0.5) is 0 Å². The molecule has 0 atom stereocenters. The molecule has 0 spiro atoms. The van der Waals surface area contributed by atoms with E-state index >= 15 is 0 Å². The summed E-state index contributed by atoms with van der Waals surface area (Å²) >= 11 is 0. The number of hydrogen-bond acceptors (Lipinski definition) is 0. The molecular weight excluding hydrogens is 446 g/mol. The van der Waals surface area contributed by atoms with Gasteiger partial charge in [0, 0.05) is 28.9 Å². The molecule has 0 unspecified atom stereocenters. The molecule has 6 aromatic carbocycles. The van der Waals surface area contributed by atoms with Crippen LogP contribution in [0.15, 0.2) is 133 Å². The molecule has 0 amide bonds. The van der Waals surface area contributed by atoms with Crippen molar-refractivity contribution in [2.45, 2.75) is 5.41 Å². The number of aromatic nitrogens is 1. The first-order chi connectivity index (χ1) is 18.3. The van der Waals surface area contributed by atoms with Crippen molar-refractivity contribution in [2.24, 2.45) is 7.05 Å². The van der Waals surface area contributed by atoms with Gasteiger partial charge in [-0.2, -0.15) is 0 Å². The molecule has 0 saturated heterocycles. The standard InChI is InChI=1S/C36H25N/c1-37-33-19-11-10-18-28(33)30-21-20-29-31-22-24-12-8-9-13-25(24)23-32(31)36(34(29)35(30)37,26-14-4-2-5-15-26)27-16-6-3-7-17-27/h2-23H,1H3. The Morgan fingerprint density at radius 2 is 1.11 bits per heavy atom. The summed E-state index contributed by atoms with van der Waals surface area (Å²) in [5, 5.41) is 5.17. The van der Waals surface area contributed by atoms with Crippen molar-refractivity contribution in [2.75, 3.05) is 0 Å². The fourth-order valence-electron chi connectivity index (χ4n) is 6.93. The van der Waals surface area contributed by atoms with E-state index in [1.165, 1.54) is 66.0 Å². The predicted molar refractivity (Wildman–Crippen MR) is 155 cm³/mol. The van der Waals surface area contributed by atoms with Crippen molar-refractivity contribution in [3.63, 3.8) is 0 Å². The summed E-state index contributed by atoms with van der Waals surface area (Å²) in [5.74, 6) is 0. The van der Waals surface area contributed by atoms with Gasteiger partial charge >= 0.3 is 0 Å². The first kappa shape index (κ1) is 20.6. The molecule has 0 bridgehead atoms. The highest BCUT2D eigenvalue weighted by Crippen LogP contribution is 2.59. The van der Waals surface area contributed by atoms with E-state index in [0.717, 1.165) is 0 Å². The lowest BCUT2D eigenvalue weighted by atomic mass is 9.67. The number of fused-ring (bicyclic) bond motifs is 8. The van der Waals surface area contributed by atoms with Crippen LogP contribution in [0.25, 0.3) is 43.7 Å². The maximum atomic E-state index is 2.44. The van der Waals surface area contributed by atoms with Crippen LogP contribution in [-0.2, 0) is 12.5 Å². The lowest BCUT2D eigenvalue weighted by Crippen LogP contribution is -2.29. The van der Waals surface area contributed by atoms with Gasteiger partial charge in [-0.25, -0.2) is 0 Å². The van der Waals surface area contributed by atoms with Crippen molar-refractivity contribution in [3.8, 4) is 11.1 Å². The van der Waals surface area contributed by atoms with Gasteiger partial charge in [-0.05, 0) is 56.8 Å². The molecular formula is C36H25N. The van der Waals surface area contributed by atoms with E-state index in [-0.39, 0.29) is 0 Å². The molecule has 37 heavy (non-hydrogen) atoms. The summed E-state index contributed by atoms with van der Waals surface area (Å²) in [6.07, 6.45) is 0. The topological polar surface area (TPSA) is 4.93 Å². The van der Waals surface area contributed by atoms with E-state index in [0.29, 0.717) is 0 Å². The van der Waals surface area contributed by atoms with Gasteiger partial charge in [0.15, 0.2) is 0 Å². The van der Waals surface area contributed by atoms with Crippen LogP contribution in [-0.4, -0.2) is 4.57 Å². The number of hydrogen-bond donors (Lipinski definition) is 0. The van der Waals surface area contributed by atoms with Crippen LogP contribution in [0.2, 0.25) is 0 Å². The molecule has 0 N–H and O–H groups in total. The highest BCUT2D eigenvalue weighted by Gasteiger charge is 2.48. The highest BCUT2D eigenvalue weighted by molar-refractivity contribution is 6.13. The van der Waals surface area contributed by atoms with Crippen molar-refractivity contribution in [1.82, 2.24) is 4.57 Å². The first-order valence-electron chi connectivity index (χ1n) is 12.9. The van der Waals surface area contributed by atoms with E-state index in [1.807, 2.05) is 0 Å². The van der Waals surface area contributed by atoms with Crippen molar-refractivity contribution >= 4 is 32.6 Å². The molecule has 1 nitrogen and oxygen atoms in total. The third-order valence-electron chi connectivity index (χ3n) is 8.44. The van der Waals surface area contributed by atoms with Crippen LogP contribution in [0.1, 0.15) is 22.3 Å². The number of rotatable bonds is 2. The summed E-state index contributed by atoms with van der Waals surface area (Å²) in [6.45, 7) is 0. The van der Waals surface area contributed by atoms with Crippen LogP contribution in [0, 0.1) is 0 Å². The highest BCUT2D eigenvalue weighted by atomic mass is 14.9. The van der Waals surface area contributed by atoms with Gasteiger partial charge in [0.25, 0.3) is 0 Å². The normalized spacial score (nSPS) is 13.8. The average molecular weight is 472 g/mol. The lowest BCUT2D eigenvalue weighted by molar-refractivity contribution is 0.770. The van der Waals surface area contributed by atoms with Gasteiger partial charge in [-0.3, -0.25) is 0 Å². The minimum atomic E-state index is -0.432. The van der Waals surface area contributed by atoms with Gasteiger partial charge in [0.1, 0.15) is 0 Å². The zero-order valence-electron chi connectivity index (χ0n) is 20.6. The quantitative estimate of drug-likeness (QED) is 0.237. The molecule has 174 valence electrons. The Hall–Kier alpha value is -4.62. The maximum absolute atomic E-state index is 2.44. The number of para-hydroxylation sites is 1. The van der Waals surface area contributed by atoms with E-state index < -0.39 is 5.41 Å². The Bertz CT molecular complexity index is 1940. The summed E-state index contributed by atoms with van der Waals surface area (Å²) < 4.78 is 2.41. The second-order valence-electron chi connectivity index (χ2n) is 10.2. The third-order valence-corrected chi connectivity index (χ3v) is 8.44. The molecule has 0 saturated carbocycles. The molecule has 0 fully saturated rings. The van der Waals surface area contributed by atoms with Gasteiger partial charge in [0.2, 0.25) is 0 Å². The predicted octanol–water partition coefficient (Wildman–Crippen LogP) is 8.85. The molecule has 1 heteroatoms. The smallest absolute Gasteiger partial charge is 0.0734 e. The SMILES string of the molecule is Cn1c2ccccc2c2ccc3c(c21)C(c1ccccc1)(c1ccccc1)c1cc2ccccc2cc1-3. The van der Waals surface area contributed by atoms with Crippen molar-refractivity contribution in [1.29, 1.82) is 0 Å². The molecule has 1 aromatic heterocycles. The largest absolute Gasteiger partial charge is 0.343 e. The van der Waals surface area contributed by atoms with Crippen LogP contribution < -0.4 is 0 Å². The van der Waals surface area contributed by atoms with E-state index in [1.54, 1.807) is 0 Å². The molecule has 1 aliphatic carbocycles. The number of aryl methyl sites for hydroxylation is 1. The van der Waals surface area contributed by atoms with Crippen LogP contribution in [0.3, 0.4) is 0 Å². The van der Waals surface area contributed by atoms with Crippen molar-refractivity contribution in [3.05, 3.63) is 156 Å². The Labute approximate surface area is 216 Å². The summed E-state index contributed by atoms with van der Waals surface area (Å²) in [4.78, 5) is 0. The summed E-state index contributed by atoms with van der Waals surface area (Å²) in [6, 6.07) is 49.3. The average Bonchev–Trinajstić information content (AvgIpc) is 3.42. The van der Waals surface area contributed by atoms with Gasteiger partial charge in [-0.1, -0.05) is 115 Å². The van der Waals surface area contributed by atoms with Gasteiger partial charge in [-0.15, -0.1) is 0 Å². The Kier molecular flexibility index (Phi) is 4.14. The molecule has 8 rings (SSSR count). The molecule has 1 aliphatic rings. The number of benzene rings is 6. The molecule has 1 heterocycles. The Morgan fingerprint density at radius 3 is 1.81 bits per heavy atom. The third kappa shape index (κ3) is 2.58. The van der Waals surface area contributed by atoms with E-state index in [2.05, 4.69) is 145 Å². The maximum Gasteiger partial charge on any atom is 0.0734 e. The van der Waals surface area contributed by atoms with Gasteiger partial charge < -0.3 is 4.57 Å². The van der Waals surface area contributed by atoms with Gasteiger partial charge in [0.05, 0.1) is 10.9 Å². The fourth-order valence-corrected chi connectivity index (χ4v) is 6.93. The molecule has 0 radical (unpaired) electrons. The van der Waals surface area contributed by atoms with Crippen LogP contribution >= 0.6 is 0 Å². The summed E-state index contributed by atoms with van der Waals surface area (Å²) in [7, 11) is 2.23. The Balaban J connectivity index is 1.66. The van der Waals surface area contributed by atoms with Crippen LogP contribution in [0.5, 0.6) is 0 Å². The zero-order valence-corrected chi connectivity index (χ0v) is 20.6. The monoisotopic (exact) mass is 471 g/mol. The fraction of sp³-hybridized carbons (Fsp3) is 0.0556. The number of nitrogens with zero attached hydrogens (tertiary/aromatic N) is 1. The van der Waals surface area contributed by atoms with E-state index in [9.17, 15) is 0 Å². The first-order valence-corrected chi connectivity index (χ1v) is 12.9. The molecule has 0 aliphatic heterocycles. The molecule has 7 aromatic rings.